The molecule has 1 fully saturated rings. The van der Waals surface area contributed by atoms with Crippen molar-refractivity contribution in [2.45, 2.75) is 38.5 Å². The Hall–Kier alpha value is -1.64. The second kappa shape index (κ2) is 6.21. The summed E-state index contributed by atoms with van der Waals surface area (Å²) in [7, 11) is 0. The van der Waals surface area contributed by atoms with E-state index in [-0.39, 0.29) is 5.82 Å². The van der Waals surface area contributed by atoms with Gasteiger partial charge >= 0.3 is 0 Å². The van der Waals surface area contributed by atoms with Crippen LogP contribution in [0.5, 0.6) is 0 Å². The van der Waals surface area contributed by atoms with E-state index in [9.17, 15) is 4.39 Å². The number of para-hydroxylation sites is 1. The number of halogens is 1. The lowest BCUT2D eigenvalue weighted by Gasteiger charge is -2.21. The van der Waals surface area contributed by atoms with E-state index in [2.05, 4.69) is 10.3 Å². The average molecular weight is 272 g/mol. The molecule has 3 rings (SSSR count). The third-order valence-corrected chi connectivity index (χ3v) is 4.31. The molecule has 0 unspecified atom stereocenters. The fourth-order valence-electron chi connectivity index (χ4n) is 3.18. The van der Waals surface area contributed by atoms with Crippen LogP contribution in [0.1, 0.15) is 38.5 Å². The van der Waals surface area contributed by atoms with Crippen LogP contribution in [-0.4, -0.2) is 11.5 Å². The summed E-state index contributed by atoms with van der Waals surface area (Å²) in [4.78, 5) is 4.12. The molecule has 0 radical (unpaired) electrons. The van der Waals surface area contributed by atoms with Gasteiger partial charge in [0, 0.05) is 23.8 Å². The lowest BCUT2D eigenvalue weighted by molar-refractivity contribution is 0.345. The number of pyridine rings is 1. The quantitative estimate of drug-likeness (QED) is 0.868. The minimum Gasteiger partial charge on any atom is -0.384 e. The summed E-state index contributed by atoms with van der Waals surface area (Å²) < 4.78 is 13.7. The van der Waals surface area contributed by atoms with E-state index in [0.717, 1.165) is 23.5 Å². The van der Waals surface area contributed by atoms with Gasteiger partial charge in [-0.05, 0) is 24.5 Å². The molecular formula is C17H21FN2. The van der Waals surface area contributed by atoms with Crippen molar-refractivity contribution in [1.29, 1.82) is 0 Å². The minimum atomic E-state index is -0.251. The zero-order valence-electron chi connectivity index (χ0n) is 11.7. The van der Waals surface area contributed by atoms with Gasteiger partial charge in [0.15, 0.2) is 0 Å². The highest BCUT2D eigenvalue weighted by Crippen LogP contribution is 2.27. The summed E-state index contributed by atoms with van der Waals surface area (Å²) in [6.45, 7) is 0.959. The van der Waals surface area contributed by atoms with Crippen molar-refractivity contribution in [2.24, 2.45) is 5.92 Å². The van der Waals surface area contributed by atoms with Crippen LogP contribution in [0.3, 0.4) is 0 Å². The summed E-state index contributed by atoms with van der Waals surface area (Å²) in [6, 6.07) is 7.06. The predicted octanol–water partition coefficient (Wildman–Crippen LogP) is 4.76. The molecule has 1 aliphatic carbocycles. The van der Waals surface area contributed by atoms with E-state index >= 15 is 0 Å². The third kappa shape index (κ3) is 2.92. The van der Waals surface area contributed by atoms with Crippen LogP contribution in [0, 0.1) is 11.7 Å². The molecule has 3 heteroatoms. The summed E-state index contributed by atoms with van der Waals surface area (Å²) >= 11 is 0. The van der Waals surface area contributed by atoms with Crippen molar-refractivity contribution < 1.29 is 4.39 Å². The minimum absolute atomic E-state index is 0.251. The average Bonchev–Trinajstić information content (AvgIpc) is 2.49. The molecule has 0 saturated heterocycles. The van der Waals surface area contributed by atoms with Crippen molar-refractivity contribution in [3.8, 4) is 0 Å². The van der Waals surface area contributed by atoms with Gasteiger partial charge in [0.25, 0.3) is 0 Å². The van der Waals surface area contributed by atoms with Crippen LogP contribution in [0.15, 0.2) is 30.5 Å². The lowest BCUT2D eigenvalue weighted by atomic mass is 9.87. The number of hydrogen-bond acceptors (Lipinski definition) is 2. The number of anilines is 1. The Bertz CT molecular complexity index is 576. The maximum Gasteiger partial charge on any atom is 0.149 e. The largest absolute Gasteiger partial charge is 0.384 e. The van der Waals surface area contributed by atoms with Crippen LogP contribution < -0.4 is 5.32 Å². The fourth-order valence-corrected chi connectivity index (χ4v) is 3.18. The molecule has 1 aromatic carbocycles. The number of hydrogen-bond donors (Lipinski definition) is 1. The van der Waals surface area contributed by atoms with Gasteiger partial charge in [0.1, 0.15) is 11.3 Å². The lowest BCUT2D eigenvalue weighted by Crippen LogP contribution is -2.12. The summed E-state index contributed by atoms with van der Waals surface area (Å²) in [6.07, 6.45) is 9.79. The first-order valence-corrected chi connectivity index (χ1v) is 7.62. The van der Waals surface area contributed by atoms with Gasteiger partial charge in [-0.3, -0.25) is 4.98 Å². The van der Waals surface area contributed by atoms with Gasteiger partial charge < -0.3 is 5.32 Å². The molecule has 106 valence electrons. The van der Waals surface area contributed by atoms with E-state index in [1.165, 1.54) is 44.6 Å². The van der Waals surface area contributed by atoms with Gasteiger partial charge in [-0.25, -0.2) is 4.39 Å². The van der Waals surface area contributed by atoms with E-state index in [1.807, 2.05) is 12.1 Å². The molecule has 0 atom stereocenters. The van der Waals surface area contributed by atoms with E-state index in [4.69, 9.17) is 0 Å². The number of benzene rings is 1. The maximum atomic E-state index is 13.7. The Balaban J connectivity index is 1.66. The van der Waals surface area contributed by atoms with Gasteiger partial charge in [-0.2, -0.15) is 0 Å². The van der Waals surface area contributed by atoms with E-state index < -0.39 is 0 Å². The molecule has 1 N–H and O–H groups in total. The van der Waals surface area contributed by atoms with E-state index in [1.54, 1.807) is 12.3 Å². The zero-order valence-corrected chi connectivity index (χ0v) is 11.7. The molecule has 1 aliphatic rings. The standard InChI is InChI=1S/C17H21FN2/c18-15-8-4-7-14-16(10-12-20-17(14)15)19-11-9-13-5-2-1-3-6-13/h4,7-8,10,12-13H,1-3,5-6,9,11H2,(H,19,20). The highest BCUT2D eigenvalue weighted by Gasteiger charge is 2.13. The summed E-state index contributed by atoms with van der Waals surface area (Å²) in [5.74, 6) is 0.611. The molecular weight excluding hydrogens is 251 g/mol. The molecule has 1 heterocycles. The van der Waals surface area contributed by atoms with Crippen LogP contribution >= 0.6 is 0 Å². The third-order valence-electron chi connectivity index (χ3n) is 4.31. The Kier molecular flexibility index (Phi) is 4.14. The van der Waals surface area contributed by atoms with Crippen molar-refractivity contribution >= 4 is 16.6 Å². The molecule has 20 heavy (non-hydrogen) atoms. The second-order valence-corrected chi connectivity index (χ2v) is 5.71. The number of aromatic nitrogens is 1. The summed E-state index contributed by atoms with van der Waals surface area (Å²) in [5.41, 5.74) is 1.44. The van der Waals surface area contributed by atoms with Crippen LogP contribution in [0.2, 0.25) is 0 Å². The van der Waals surface area contributed by atoms with Gasteiger partial charge in [-0.1, -0.05) is 44.2 Å². The van der Waals surface area contributed by atoms with Gasteiger partial charge in [0.05, 0.1) is 0 Å². The fraction of sp³-hybridized carbons (Fsp3) is 0.471. The normalized spacial score (nSPS) is 16.4. The molecule has 2 nitrogen and oxygen atoms in total. The SMILES string of the molecule is Fc1cccc2c(NCCC3CCCCC3)ccnc12. The highest BCUT2D eigenvalue weighted by molar-refractivity contribution is 5.91. The Morgan fingerprint density at radius 1 is 1.15 bits per heavy atom. The first-order valence-electron chi connectivity index (χ1n) is 7.62. The van der Waals surface area contributed by atoms with Crippen molar-refractivity contribution in [2.75, 3.05) is 11.9 Å². The molecule has 0 bridgehead atoms. The van der Waals surface area contributed by atoms with Crippen LogP contribution in [-0.2, 0) is 0 Å². The summed E-state index contributed by atoms with van der Waals surface area (Å²) in [5, 5.41) is 4.33. The molecule has 1 saturated carbocycles. The number of nitrogens with zero attached hydrogens (tertiary/aromatic N) is 1. The van der Waals surface area contributed by atoms with E-state index in [0.29, 0.717) is 5.52 Å². The number of rotatable bonds is 4. The van der Waals surface area contributed by atoms with Gasteiger partial charge in [-0.15, -0.1) is 0 Å². The van der Waals surface area contributed by atoms with Crippen LogP contribution in [0.4, 0.5) is 10.1 Å². The number of nitrogens with one attached hydrogen (secondary N) is 1. The molecule has 0 spiro atoms. The van der Waals surface area contributed by atoms with Crippen molar-refractivity contribution in [3.63, 3.8) is 0 Å². The maximum absolute atomic E-state index is 13.7. The second-order valence-electron chi connectivity index (χ2n) is 5.71. The molecule has 0 amide bonds. The highest BCUT2D eigenvalue weighted by atomic mass is 19.1. The first kappa shape index (κ1) is 13.3. The van der Waals surface area contributed by atoms with Crippen molar-refractivity contribution in [3.05, 3.63) is 36.3 Å². The molecule has 1 aromatic heterocycles. The predicted molar refractivity (Wildman–Crippen MR) is 81.4 cm³/mol. The number of fused-ring (bicyclic) bond motifs is 1. The first-order chi connectivity index (χ1) is 9.84. The van der Waals surface area contributed by atoms with Gasteiger partial charge in [0.2, 0.25) is 0 Å². The Morgan fingerprint density at radius 2 is 2.00 bits per heavy atom. The zero-order chi connectivity index (χ0) is 13.8. The smallest absolute Gasteiger partial charge is 0.149 e. The molecule has 2 aromatic rings. The Labute approximate surface area is 119 Å². The topological polar surface area (TPSA) is 24.9 Å². The monoisotopic (exact) mass is 272 g/mol. The van der Waals surface area contributed by atoms with Crippen LogP contribution in [0.25, 0.3) is 10.9 Å². The Morgan fingerprint density at radius 3 is 2.85 bits per heavy atom. The van der Waals surface area contributed by atoms with Crippen molar-refractivity contribution in [1.82, 2.24) is 4.98 Å². The molecule has 0 aliphatic heterocycles.